The van der Waals surface area contributed by atoms with Gasteiger partial charge in [0.2, 0.25) is 5.78 Å². The number of benzene rings is 4. The van der Waals surface area contributed by atoms with Crippen molar-refractivity contribution in [2.24, 2.45) is 0 Å². The van der Waals surface area contributed by atoms with E-state index in [0.717, 1.165) is 28.6 Å². The van der Waals surface area contributed by atoms with Crippen LogP contribution in [-0.2, 0) is 0 Å². The van der Waals surface area contributed by atoms with Gasteiger partial charge < -0.3 is 33.5 Å². The predicted octanol–water partition coefficient (Wildman–Crippen LogP) is 5.95. The molecule has 2 atom stereocenters. The van der Waals surface area contributed by atoms with Gasteiger partial charge in [0.15, 0.2) is 0 Å². The van der Waals surface area contributed by atoms with Crippen LogP contribution in [0.1, 0.15) is 39.1 Å². The second kappa shape index (κ2) is 11.5. The smallest absolute Gasteiger partial charge is 0.200 e. The number of ketones is 1. The summed E-state index contributed by atoms with van der Waals surface area (Å²) in [5.74, 6) is 3.82. The molecule has 1 N–H and O–H groups in total. The quantitative estimate of drug-likeness (QED) is 0.299. The van der Waals surface area contributed by atoms with Crippen LogP contribution in [0.15, 0.2) is 78.9 Å². The lowest BCUT2D eigenvalue weighted by atomic mass is 9.89. The normalized spacial score (nSPS) is 16.0. The minimum Gasteiger partial charge on any atom is -0.507 e. The minimum atomic E-state index is -0.294. The minimum absolute atomic E-state index is 0.00163. The zero-order valence-corrected chi connectivity index (χ0v) is 22.7. The first-order valence-electron chi connectivity index (χ1n) is 12.7. The molecule has 6 rings (SSSR count). The number of phenolic OH excluding ortho intramolecular Hbond substituents is 1. The van der Waals surface area contributed by atoms with Crippen LogP contribution in [0.3, 0.4) is 0 Å². The molecule has 8 nitrogen and oxygen atoms in total. The Morgan fingerprint density at radius 2 is 1.40 bits per heavy atom. The summed E-state index contributed by atoms with van der Waals surface area (Å²) in [5, 5.41) is 9.99. The average molecular weight is 543 g/mol. The summed E-state index contributed by atoms with van der Waals surface area (Å²) >= 11 is 0. The Morgan fingerprint density at radius 3 is 2.05 bits per heavy atom. The van der Waals surface area contributed by atoms with Crippen molar-refractivity contribution in [1.82, 2.24) is 0 Å². The summed E-state index contributed by atoms with van der Waals surface area (Å²) in [4.78, 5) is 12.4. The van der Waals surface area contributed by atoms with E-state index in [1.165, 1.54) is 25.8 Å². The lowest BCUT2D eigenvalue weighted by molar-refractivity contribution is 0.103. The molecule has 40 heavy (non-hydrogen) atoms. The van der Waals surface area contributed by atoms with E-state index in [9.17, 15) is 9.90 Å². The number of rotatable bonds is 6. The molecule has 4 aromatic rings. The average Bonchev–Trinajstić information content (AvgIpc) is 3.38. The number of carbonyl (C=O) groups excluding carboxylic acids is 1. The Hall–Kier alpha value is -4.85. The fourth-order valence-electron chi connectivity index (χ4n) is 4.89. The van der Waals surface area contributed by atoms with Crippen LogP contribution >= 0.6 is 0 Å². The summed E-state index contributed by atoms with van der Waals surface area (Å²) in [7, 11) is 6.23. The zero-order chi connectivity index (χ0) is 28.2. The van der Waals surface area contributed by atoms with Crippen LogP contribution in [0.25, 0.3) is 0 Å². The monoisotopic (exact) mass is 542 g/mol. The molecule has 0 saturated heterocycles. The maximum absolute atomic E-state index is 12.4. The molecular weight excluding hydrogens is 512 g/mol. The van der Waals surface area contributed by atoms with Gasteiger partial charge in [-0.25, -0.2) is 0 Å². The Kier molecular flexibility index (Phi) is 7.68. The first-order valence-corrected chi connectivity index (χ1v) is 12.7. The van der Waals surface area contributed by atoms with Crippen molar-refractivity contribution in [3.8, 4) is 40.2 Å². The highest BCUT2D eigenvalue weighted by Gasteiger charge is 2.40. The largest absolute Gasteiger partial charge is 0.507 e. The third-order valence-electron chi connectivity index (χ3n) is 6.96. The molecule has 0 saturated carbocycles. The molecule has 0 spiro atoms. The third kappa shape index (κ3) is 5.08. The molecule has 2 aliphatic rings. The fourth-order valence-corrected chi connectivity index (χ4v) is 4.89. The summed E-state index contributed by atoms with van der Waals surface area (Å²) in [6, 6.07) is 23.5. The van der Waals surface area contributed by atoms with Crippen molar-refractivity contribution >= 4 is 5.78 Å². The van der Waals surface area contributed by atoms with Gasteiger partial charge in [0.1, 0.15) is 51.9 Å². The predicted molar refractivity (Wildman–Crippen MR) is 149 cm³/mol. The van der Waals surface area contributed by atoms with Gasteiger partial charge in [-0.2, -0.15) is 0 Å². The van der Waals surface area contributed by atoms with Crippen LogP contribution in [-0.4, -0.2) is 45.9 Å². The molecule has 8 heteroatoms. The first kappa shape index (κ1) is 26.7. The molecule has 0 radical (unpaired) electrons. The maximum atomic E-state index is 12.4. The third-order valence-corrected chi connectivity index (χ3v) is 6.96. The van der Waals surface area contributed by atoms with E-state index >= 15 is 0 Å². The molecule has 0 bridgehead atoms. The van der Waals surface area contributed by atoms with Gasteiger partial charge in [-0.1, -0.05) is 36.4 Å². The number of hydrogen-bond acceptors (Lipinski definition) is 8. The van der Waals surface area contributed by atoms with Crippen LogP contribution in [0, 0.1) is 0 Å². The van der Waals surface area contributed by atoms with Crippen LogP contribution in [0.5, 0.6) is 40.2 Å². The van der Waals surface area contributed by atoms with Gasteiger partial charge in [-0.05, 0) is 18.2 Å². The number of fused-ring (bicyclic) bond motifs is 5. The lowest BCUT2D eigenvalue weighted by Gasteiger charge is -2.28. The Morgan fingerprint density at radius 1 is 0.750 bits per heavy atom. The van der Waals surface area contributed by atoms with Gasteiger partial charge in [0.05, 0.1) is 41.0 Å². The Balaban J connectivity index is 0.000000162. The molecule has 206 valence electrons. The van der Waals surface area contributed by atoms with Gasteiger partial charge in [0, 0.05) is 41.0 Å². The topological polar surface area (TPSA) is 92.7 Å². The van der Waals surface area contributed by atoms with Gasteiger partial charge in [-0.3, -0.25) is 4.79 Å². The van der Waals surface area contributed by atoms with E-state index in [-0.39, 0.29) is 34.9 Å². The lowest BCUT2D eigenvalue weighted by Crippen LogP contribution is -2.23. The van der Waals surface area contributed by atoms with Crippen molar-refractivity contribution in [3.63, 3.8) is 0 Å². The number of carbonyl (C=O) groups is 1. The second-order valence-electron chi connectivity index (χ2n) is 9.18. The highest BCUT2D eigenvalue weighted by atomic mass is 16.5. The van der Waals surface area contributed by atoms with Crippen molar-refractivity contribution < 1.29 is 38.3 Å². The molecular formula is C32H30O8. The van der Waals surface area contributed by atoms with Crippen molar-refractivity contribution in [1.29, 1.82) is 0 Å². The van der Waals surface area contributed by atoms with E-state index in [1.807, 2.05) is 36.4 Å². The number of hydrogen-bond donors (Lipinski definition) is 1. The summed E-state index contributed by atoms with van der Waals surface area (Å²) in [5.41, 5.74) is 2.88. The van der Waals surface area contributed by atoms with E-state index in [2.05, 4.69) is 6.07 Å². The number of methoxy groups -OCH3 is 4. The van der Waals surface area contributed by atoms with Gasteiger partial charge in [0.25, 0.3) is 0 Å². The molecule has 2 aliphatic heterocycles. The van der Waals surface area contributed by atoms with E-state index in [4.69, 9.17) is 28.4 Å². The molecule has 0 aliphatic carbocycles. The summed E-state index contributed by atoms with van der Waals surface area (Å²) in [6.07, 6.45) is 0.00163. The Bertz CT molecular complexity index is 1520. The van der Waals surface area contributed by atoms with Crippen molar-refractivity contribution in [2.75, 3.05) is 35.0 Å². The summed E-state index contributed by atoms with van der Waals surface area (Å²) in [6.45, 7) is 0.615. The second-order valence-corrected chi connectivity index (χ2v) is 9.18. The highest BCUT2D eigenvalue weighted by molar-refractivity contribution is 6.12. The molecule has 0 fully saturated rings. The van der Waals surface area contributed by atoms with Gasteiger partial charge in [-0.15, -0.1) is 0 Å². The SMILES string of the molecule is COc1cc(O)c(C(=O)c2ccccc2)c(OC)c1.COc1ccc2c(c1)OC1c3ccc(OC)cc3OCC21. The molecule has 2 heterocycles. The number of aromatic hydroxyl groups is 1. The zero-order valence-electron chi connectivity index (χ0n) is 22.7. The first-order chi connectivity index (χ1) is 19.5. The van der Waals surface area contributed by atoms with E-state index < -0.39 is 0 Å². The number of phenols is 1. The van der Waals surface area contributed by atoms with Gasteiger partial charge >= 0.3 is 0 Å². The van der Waals surface area contributed by atoms with Crippen LogP contribution in [0.4, 0.5) is 0 Å². The molecule has 0 amide bonds. The van der Waals surface area contributed by atoms with Crippen LogP contribution in [0.2, 0.25) is 0 Å². The number of ether oxygens (including phenoxy) is 6. The van der Waals surface area contributed by atoms with E-state index in [0.29, 0.717) is 17.9 Å². The van der Waals surface area contributed by atoms with E-state index in [1.54, 1.807) is 44.6 Å². The highest BCUT2D eigenvalue weighted by Crippen LogP contribution is 2.52. The maximum Gasteiger partial charge on any atom is 0.200 e. The molecule has 0 aromatic heterocycles. The van der Waals surface area contributed by atoms with Crippen molar-refractivity contribution in [2.45, 2.75) is 12.0 Å². The molecule has 2 unspecified atom stereocenters. The fraction of sp³-hybridized carbons (Fsp3) is 0.219. The standard InChI is InChI=1S/C17H16O4.C15H14O4/c1-18-10-4-6-13-15(7-10)20-9-14-12-5-3-11(19-2)8-16(12)21-17(13)14;1-18-11-8-12(16)14(13(9-11)19-2)15(17)10-6-4-3-5-7-10/h3-8,14,17H,9H2,1-2H3;3-9,16H,1-2H3. The summed E-state index contributed by atoms with van der Waals surface area (Å²) < 4.78 is 32.7. The Labute approximate surface area is 232 Å². The van der Waals surface area contributed by atoms with Crippen LogP contribution < -0.4 is 28.4 Å². The van der Waals surface area contributed by atoms with Crippen molar-refractivity contribution in [3.05, 3.63) is 101 Å². The molecule has 4 aromatic carbocycles.